The minimum Gasteiger partial charge on any atom is -0.490 e. The van der Waals surface area contributed by atoms with Gasteiger partial charge in [-0.25, -0.2) is 4.39 Å². The molecule has 3 rings (SSSR count). The van der Waals surface area contributed by atoms with Crippen LogP contribution in [0.1, 0.15) is 28.8 Å². The molecular formula is C19H20FNO3. The number of ether oxygens (including phenoxy) is 2. The Hall–Kier alpha value is -2.40. The smallest absolute Gasteiger partial charge is 0.259 e. The monoisotopic (exact) mass is 329 g/mol. The molecule has 2 aromatic carbocycles. The molecule has 1 amide bonds. The van der Waals surface area contributed by atoms with Crippen molar-refractivity contribution in [3.63, 3.8) is 0 Å². The number of hydrogen-bond acceptors (Lipinski definition) is 3. The van der Waals surface area contributed by atoms with Crippen LogP contribution >= 0.6 is 0 Å². The SMILES string of the molecule is Cc1ccc(NC(=O)c2ccccc2OCC2CCCO2)cc1F. The van der Waals surface area contributed by atoms with Crippen LogP contribution in [0.4, 0.5) is 10.1 Å². The maximum absolute atomic E-state index is 13.6. The number of aryl methyl sites for hydroxylation is 1. The highest BCUT2D eigenvalue weighted by molar-refractivity contribution is 6.06. The molecule has 5 heteroatoms. The number of para-hydroxylation sites is 1. The van der Waals surface area contributed by atoms with Gasteiger partial charge < -0.3 is 14.8 Å². The Morgan fingerprint density at radius 3 is 2.92 bits per heavy atom. The van der Waals surface area contributed by atoms with Crippen molar-refractivity contribution in [3.05, 3.63) is 59.4 Å². The van der Waals surface area contributed by atoms with Crippen molar-refractivity contribution < 1.29 is 18.7 Å². The van der Waals surface area contributed by atoms with Crippen LogP contribution in [0.5, 0.6) is 5.75 Å². The van der Waals surface area contributed by atoms with Crippen LogP contribution in [0.3, 0.4) is 0 Å². The number of halogens is 1. The Morgan fingerprint density at radius 1 is 1.33 bits per heavy atom. The first kappa shape index (κ1) is 16.5. The van der Waals surface area contributed by atoms with E-state index in [1.807, 2.05) is 6.07 Å². The van der Waals surface area contributed by atoms with Crippen LogP contribution < -0.4 is 10.1 Å². The quantitative estimate of drug-likeness (QED) is 0.904. The summed E-state index contributed by atoms with van der Waals surface area (Å²) in [5, 5.41) is 2.70. The van der Waals surface area contributed by atoms with E-state index < -0.39 is 0 Å². The molecular weight excluding hydrogens is 309 g/mol. The Labute approximate surface area is 140 Å². The molecule has 1 atom stereocenters. The lowest BCUT2D eigenvalue weighted by molar-refractivity contribution is 0.0673. The largest absolute Gasteiger partial charge is 0.490 e. The Balaban J connectivity index is 1.70. The summed E-state index contributed by atoms with van der Waals surface area (Å²) in [6.45, 7) is 2.85. The van der Waals surface area contributed by atoms with E-state index in [1.54, 1.807) is 37.3 Å². The molecule has 126 valence electrons. The number of hydrogen-bond donors (Lipinski definition) is 1. The zero-order valence-electron chi connectivity index (χ0n) is 13.5. The van der Waals surface area contributed by atoms with E-state index in [-0.39, 0.29) is 17.8 Å². The molecule has 2 aromatic rings. The molecule has 0 radical (unpaired) electrons. The average Bonchev–Trinajstić information content (AvgIpc) is 3.10. The van der Waals surface area contributed by atoms with E-state index in [0.717, 1.165) is 19.4 Å². The summed E-state index contributed by atoms with van der Waals surface area (Å²) in [6, 6.07) is 11.6. The van der Waals surface area contributed by atoms with Crippen molar-refractivity contribution in [2.24, 2.45) is 0 Å². The third kappa shape index (κ3) is 3.92. The molecule has 1 fully saturated rings. The minimum atomic E-state index is -0.351. The maximum Gasteiger partial charge on any atom is 0.259 e. The van der Waals surface area contributed by atoms with Gasteiger partial charge in [-0.2, -0.15) is 0 Å². The van der Waals surface area contributed by atoms with Gasteiger partial charge in [-0.15, -0.1) is 0 Å². The molecule has 1 aliphatic heterocycles. The van der Waals surface area contributed by atoms with Crippen molar-refractivity contribution in [3.8, 4) is 5.75 Å². The highest BCUT2D eigenvalue weighted by Crippen LogP contribution is 2.22. The second-order valence-corrected chi connectivity index (χ2v) is 5.86. The maximum atomic E-state index is 13.6. The predicted molar refractivity (Wildman–Crippen MR) is 90.0 cm³/mol. The number of anilines is 1. The zero-order valence-corrected chi connectivity index (χ0v) is 13.5. The number of benzene rings is 2. The van der Waals surface area contributed by atoms with Gasteiger partial charge in [-0.1, -0.05) is 18.2 Å². The van der Waals surface area contributed by atoms with Gasteiger partial charge >= 0.3 is 0 Å². The molecule has 0 saturated carbocycles. The van der Waals surface area contributed by atoms with Gasteiger partial charge in [0.1, 0.15) is 18.2 Å². The third-order valence-corrected chi connectivity index (χ3v) is 4.01. The first-order chi connectivity index (χ1) is 11.6. The average molecular weight is 329 g/mol. The fourth-order valence-corrected chi connectivity index (χ4v) is 2.61. The lowest BCUT2D eigenvalue weighted by Gasteiger charge is -2.14. The number of carbonyl (C=O) groups excluding carboxylic acids is 1. The van der Waals surface area contributed by atoms with E-state index in [1.165, 1.54) is 6.07 Å². The molecule has 1 unspecified atom stereocenters. The summed E-state index contributed by atoms with van der Waals surface area (Å²) >= 11 is 0. The van der Waals surface area contributed by atoms with Gasteiger partial charge in [-0.3, -0.25) is 4.79 Å². The van der Waals surface area contributed by atoms with Crippen molar-refractivity contribution in [2.75, 3.05) is 18.5 Å². The lowest BCUT2D eigenvalue weighted by atomic mass is 10.1. The van der Waals surface area contributed by atoms with E-state index in [4.69, 9.17) is 9.47 Å². The first-order valence-corrected chi connectivity index (χ1v) is 8.04. The summed E-state index contributed by atoms with van der Waals surface area (Å²) in [4.78, 5) is 12.5. The van der Waals surface area contributed by atoms with E-state index in [2.05, 4.69) is 5.32 Å². The van der Waals surface area contributed by atoms with E-state index in [0.29, 0.717) is 29.2 Å². The number of rotatable bonds is 5. The first-order valence-electron chi connectivity index (χ1n) is 8.04. The van der Waals surface area contributed by atoms with Crippen LogP contribution in [0.25, 0.3) is 0 Å². The van der Waals surface area contributed by atoms with Gasteiger partial charge in [0.05, 0.1) is 11.7 Å². The molecule has 0 bridgehead atoms. The summed E-state index contributed by atoms with van der Waals surface area (Å²) < 4.78 is 24.9. The minimum absolute atomic E-state index is 0.0762. The second kappa shape index (κ2) is 7.45. The topological polar surface area (TPSA) is 47.6 Å². The van der Waals surface area contributed by atoms with Crippen LogP contribution in [-0.4, -0.2) is 25.2 Å². The molecule has 0 spiro atoms. The van der Waals surface area contributed by atoms with E-state index in [9.17, 15) is 9.18 Å². The molecule has 1 heterocycles. The third-order valence-electron chi connectivity index (χ3n) is 4.01. The summed E-state index contributed by atoms with van der Waals surface area (Å²) in [5.41, 5.74) is 1.36. The Bertz CT molecular complexity index is 726. The zero-order chi connectivity index (χ0) is 16.9. The number of nitrogens with one attached hydrogen (secondary N) is 1. The van der Waals surface area contributed by atoms with Crippen molar-refractivity contribution in [1.29, 1.82) is 0 Å². The Kier molecular flexibility index (Phi) is 5.11. The lowest BCUT2D eigenvalue weighted by Crippen LogP contribution is -2.19. The molecule has 0 aliphatic carbocycles. The summed E-state index contributed by atoms with van der Waals surface area (Å²) in [6.07, 6.45) is 2.08. The fraction of sp³-hybridized carbons (Fsp3) is 0.316. The molecule has 0 aromatic heterocycles. The fourth-order valence-electron chi connectivity index (χ4n) is 2.61. The van der Waals surface area contributed by atoms with Crippen molar-refractivity contribution >= 4 is 11.6 Å². The van der Waals surface area contributed by atoms with Gasteiger partial charge in [-0.05, 0) is 49.6 Å². The highest BCUT2D eigenvalue weighted by atomic mass is 19.1. The molecule has 1 saturated heterocycles. The van der Waals surface area contributed by atoms with Gasteiger partial charge in [0, 0.05) is 12.3 Å². The van der Waals surface area contributed by atoms with Gasteiger partial charge in [0.2, 0.25) is 0 Å². The highest BCUT2D eigenvalue weighted by Gasteiger charge is 2.18. The van der Waals surface area contributed by atoms with Crippen LogP contribution in [0.2, 0.25) is 0 Å². The van der Waals surface area contributed by atoms with Gasteiger partial charge in [0.15, 0.2) is 0 Å². The Morgan fingerprint density at radius 2 is 2.17 bits per heavy atom. The predicted octanol–water partition coefficient (Wildman–Crippen LogP) is 3.94. The molecule has 4 nitrogen and oxygen atoms in total. The number of amides is 1. The second-order valence-electron chi connectivity index (χ2n) is 5.86. The summed E-state index contributed by atoms with van der Waals surface area (Å²) in [5.74, 6) is -0.185. The van der Waals surface area contributed by atoms with Crippen molar-refractivity contribution in [2.45, 2.75) is 25.9 Å². The van der Waals surface area contributed by atoms with E-state index >= 15 is 0 Å². The van der Waals surface area contributed by atoms with Crippen LogP contribution in [0.15, 0.2) is 42.5 Å². The number of carbonyl (C=O) groups is 1. The normalized spacial score (nSPS) is 16.8. The molecule has 1 N–H and O–H groups in total. The van der Waals surface area contributed by atoms with Gasteiger partial charge in [0.25, 0.3) is 5.91 Å². The molecule has 1 aliphatic rings. The summed E-state index contributed by atoms with van der Waals surface area (Å²) in [7, 11) is 0. The van der Waals surface area contributed by atoms with Crippen LogP contribution in [-0.2, 0) is 4.74 Å². The van der Waals surface area contributed by atoms with Crippen LogP contribution in [0, 0.1) is 12.7 Å². The standard InChI is InChI=1S/C19H20FNO3/c1-13-8-9-14(11-17(13)20)21-19(22)16-6-2-3-7-18(16)24-12-15-5-4-10-23-15/h2-3,6-9,11,15H,4-5,10,12H2,1H3,(H,21,22). The molecule has 24 heavy (non-hydrogen) atoms. The van der Waals surface area contributed by atoms with Crippen molar-refractivity contribution in [1.82, 2.24) is 0 Å².